The molecule has 4 rings (SSSR count). The van der Waals surface area contributed by atoms with Crippen LogP contribution in [0.1, 0.15) is 28.8 Å². The van der Waals surface area contributed by atoms with Gasteiger partial charge < -0.3 is 5.32 Å². The fraction of sp³-hybridized carbons (Fsp3) is 0.250. The van der Waals surface area contributed by atoms with E-state index < -0.39 is 0 Å². The van der Waals surface area contributed by atoms with E-state index in [0.717, 1.165) is 36.6 Å². The average Bonchev–Trinajstić information content (AvgIpc) is 3.37. The fourth-order valence-corrected chi connectivity index (χ4v) is 3.37. The molecule has 6 heteroatoms. The van der Waals surface area contributed by atoms with Gasteiger partial charge in [-0.15, -0.1) is 10.2 Å². The number of hydrogen-bond acceptors (Lipinski definition) is 4. The number of likely N-dealkylation sites (tertiary alicyclic amines) is 1. The van der Waals surface area contributed by atoms with Crippen LogP contribution < -0.4 is 5.32 Å². The van der Waals surface area contributed by atoms with E-state index in [0.29, 0.717) is 5.56 Å². The Morgan fingerprint density at radius 3 is 2.46 bits per heavy atom. The second kappa shape index (κ2) is 7.49. The third kappa shape index (κ3) is 3.50. The minimum Gasteiger partial charge on any atom is -0.322 e. The molecule has 2 heterocycles. The van der Waals surface area contributed by atoms with Crippen molar-refractivity contribution in [2.75, 3.05) is 18.4 Å². The van der Waals surface area contributed by atoms with E-state index in [-0.39, 0.29) is 5.91 Å². The van der Waals surface area contributed by atoms with Gasteiger partial charge in [0.25, 0.3) is 5.91 Å². The third-order valence-electron chi connectivity index (χ3n) is 4.70. The highest BCUT2D eigenvalue weighted by Crippen LogP contribution is 2.22. The minimum absolute atomic E-state index is 0.136. The van der Waals surface area contributed by atoms with E-state index in [4.69, 9.17) is 0 Å². The molecule has 1 aliphatic heterocycles. The van der Waals surface area contributed by atoms with Crippen molar-refractivity contribution < 1.29 is 4.79 Å². The Labute approximate surface area is 152 Å². The van der Waals surface area contributed by atoms with E-state index in [2.05, 4.69) is 26.5 Å². The van der Waals surface area contributed by atoms with E-state index in [1.807, 2.05) is 42.5 Å². The molecule has 6 nitrogen and oxygen atoms in total. The average molecular weight is 347 g/mol. The maximum atomic E-state index is 12.9. The highest BCUT2D eigenvalue weighted by atomic mass is 16.1. The first-order valence-electron chi connectivity index (χ1n) is 8.87. The molecule has 0 saturated carbocycles. The minimum atomic E-state index is -0.136. The molecule has 0 unspecified atom stereocenters. The zero-order valence-corrected chi connectivity index (χ0v) is 14.5. The molecule has 0 spiro atoms. The summed E-state index contributed by atoms with van der Waals surface area (Å²) in [6.45, 7) is 3.11. The van der Waals surface area contributed by atoms with Gasteiger partial charge in [0.2, 0.25) is 0 Å². The number of anilines is 1. The first-order valence-corrected chi connectivity index (χ1v) is 8.87. The van der Waals surface area contributed by atoms with Gasteiger partial charge in [-0.1, -0.05) is 30.3 Å². The van der Waals surface area contributed by atoms with Crippen molar-refractivity contribution in [3.63, 3.8) is 0 Å². The van der Waals surface area contributed by atoms with Crippen LogP contribution in [0.3, 0.4) is 0 Å². The van der Waals surface area contributed by atoms with Crippen LogP contribution in [0, 0.1) is 0 Å². The molecular formula is C20H21N5O. The summed E-state index contributed by atoms with van der Waals surface area (Å²) in [6.07, 6.45) is 5.68. The summed E-state index contributed by atoms with van der Waals surface area (Å²) < 4.78 is 1.74. The van der Waals surface area contributed by atoms with Crippen LogP contribution in [0.25, 0.3) is 5.69 Å². The maximum absolute atomic E-state index is 12.9. The Bertz CT molecular complexity index is 885. The number of amides is 1. The lowest BCUT2D eigenvalue weighted by Crippen LogP contribution is -2.21. The van der Waals surface area contributed by atoms with E-state index in [1.165, 1.54) is 12.8 Å². The van der Waals surface area contributed by atoms with Crippen LogP contribution in [0.4, 0.5) is 5.69 Å². The molecule has 0 atom stereocenters. The lowest BCUT2D eigenvalue weighted by atomic mass is 10.1. The van der Waals surface area contributed by atoms with Crippen LogP contribution in [0.15, 0.2) is 61.2 Å². The van der Waals surface area contributed by atoms with Gasteiger partial charge in [-0.3, -0.25) is 14.3 Å². The predicted octanol–water partition coefficient (Wildman–Crippen LogP) is 3.12. The molecule has 1 saturated heterocycles. The molecule has 1 aromatic heterocycles. The topological polar surface area (TPSA) is 63.1 Å². The van der Waals surface area contributed by atoms with E-state index >= 15 is 0 Å². The van der Waals surface area contributed by atoms with Gasteiger partial charge in [0.1, 0.15) is 12.7 Å². The zero-order chi connectivity index (χ0) is 17.8. The lowest BCUT2D eigenvalue weighted by molar-refractivity contribution is 0.102. The summed E-state index contributed by atoms with van der Waals surface area (Å²) in [7, 11) is 0. The largest absolute Gasteiger partial charge is 0.322 e. The number of para-hydroxylation sites is 2. The number of aromatic nitrogens is 3. The number of rotatable bonds is 5. The molecule has 132 valence electrons. The highest BCUT2D eigenvalue weighted by Gasteiger charge is 2.16. The van der Waals surface area contributed by atoms with Gasteiger partial charge in [0.15, 0.2) is 0 Å². The number of carbonyl (C=O) groups excluding carboxylic acids is 1. The van der Waals surface area contributed by atoms with Crippen molar-refractivity contribution in [1.82, 2.24) is 19.7 Å². The van der Waals surface area contributed by atoms with Gasteiger partial charge >= 0.3 is 0 Å². The lowest BCUT2D eigenvalue weighted by Gasteiger charge is -2.18. The SMILES string of the molecule is O=C(Nc1ccccc1CN1CCCC1)c1ccccc1-n1cnnc1. The molecule has 26 heavy (non-hydrogen) atoms. The Kier molecular flexibility index (Phi) is 4.75. The smallest absolute Gasteiger partial charge is 0.257 e. The second-order valence-electron chi connectivity index (χ2n) is 6.48. The summed E-state index contributed by atoms with van der Waals surface area (Å²) >= 11 is 0. The monoisotopic (exact) mass is 347 g/mol. The quantitative estimate of drug-likeness (QED) is 0.770. The standard InChI is InChI=1S/C20H21N5O/c26-20(17-8-2-4-10-19(17)25-14-21-22-15-25)23-18-9-3-1-7-16(18)13-24-11-5-6-12-24/h1-4,7-10,14-15H,5-6,11-13H2,(H,23,26). The van der Waals surface area contributed by atoms with Crippen molar-refractivity contribution in [1.29, 1.82) is 0 Å². The van der Waals surface area contributed by atoms with Crippen molar-refractivity contribution in [2.24, 2.45) is 0 Å². The second-order valence-corrected chi connectivity index (χ2v) is 6.48. The van der Waals surface area contributed by atoms with Gasteiger partial charge in [-0.25, -0.2) is 0 Å². The van der Waals surface area contributed by atoms with Crippen LogP contribution in [0.5, 0.6) is 0 Å². The number of nitrogens with zero attached hydrogens (tertiary/aromatic N) is 4. The fourth-order valence-electron chi connectivity index (χ4n) is 3.37. The van der Waals surface area contributed by atoms with Crippen LogP contribution in [-0.4, -0.2) is 38.7 Å². The molecule has 1 aliphatic rings. The Balaban J connectivity index is 1.58. The molecule has 0 radical (unpaired) electrons. The number of benzene rings is 2. The number of hydrogen-bond donors (Lipinski definition) is 1. The van der Waals surface area contributed by atoms with Gasteiger partial charge in [-0.05, 0) is 49.7 Å². The van der Waals surface area contributed by atoms with Crippen LogP contribution in [0.2, 0.25) is 0 Å². The van der Waals surface area contributed by atoms with Crippen molar-refractivity contribution in [3.8, 4) is 5.69 Å². The predicted molar refractivity (Wildman–Crippen MR) is 100 cm³/mol. The van der Waals surface area contributed by atoms with Gasteiger partial charge in [0, 0.05) is 12.2 Å². The van der Waals surface area contributed by atoms with Crippen molar-refractivity contribution >= 4 is 11.6 Å². The Hall–Kier alpha value is -2.99. The first kappa shape index (κ1) is 16.5. The summed E-state index contributed by atoms with van der Waals surface area (Å²) in [5, 5.41) is 10.7. The zero-order valence-electron chi connectivity index (χ0n) is 14.5. The Morgan fingerprint density at radius 1 is 0.962 bits per heavy atom. The summed E-state index contributed by atoms with van der Waals surface area (Å²) in [5.41, 5.74) is 3.35. The molecular weight excluding hydrogens is 326 g/mol. The molecule has 3 aromatic rings. The summed E-state index contributed by atoms with van der Waals surface area (Å²) in [6, 6.07) is 15.5. The molecule has 1 N–H and O–H groups in total. The molecule has 0 bridgehead atoms. The normalized spacial score (nSPS) is 14.5. The number of nitrogens with one attached hydrogen (secondary N) is 1. The van der Waals surface area contributed by atoms with Crippen molar-refractivity contribution in [3.05, 3.63) is 72.3 Å². The number of carbonyl (C=O) groups is 1. The highest BCUT2D eigenvalue weighted by molar-refractivity contribution is 6.07. The summed E-state index contributed by atoms with van der Waals surface area (Å²) in [5.74, 6) is -0.136. The maximum Gasteiger partial charge on any atom is 0.257 e. The van der Waals surface area contributed by atoms with Crippen LogP contribution in [-0.2, 0) is 6.54 Å². The third-order valence-corrected chi connectivity index (χ3v) is 4.70. The summed E-state index contributed by atoms with van der Waals surface area (Å²) in [4.78, 5) is 15.4. The van der Waals surface area contributed by atoms with Gasteiger partial charge in [-0.2, -0.15) is 0 Å². The van der Waals surface area contributed by atoms with E-state index in [9.17, 15) is 4.79 Å². The van der Waals surface area contributed by atoms with Crippen molar-refractivity contribution in [2.45, 2.75) is 19.4 Å². The molecule has 2 aromatic carbocycles. The van der Waals surface area contributed by atoms with Gasteiger partial charge in [0.05, 0.1) is 11.3 Å². The Morgan fingerprint density at radius 2 is 1.65 bits per heavy atom. The molecule has 0 aliphatic carbocycles. The molecule has 1 fully saturated rings. The first-order chi connectivity index (χ1) is 12.8. The van der Waals surface area contributed by atoms with E-state index in [1.54, 1.807) is 17.2 Å². The molecule has 1 amide bonds. The van der Waals surface area contributed by atoms with Crippen LogP contribution >= 0.6 is 0 Å².